The summed E-state index contributed by atoms with van der Waals surface area (Å²) in [5, 5.41) is 13.8. The third-order valence-corrected chi connectivity index (χ3v) is 6.37. The highest BCUT2D eigenvalue weighted by Gasteiger charge is 2.24. The molecule has 3 aromatic rings. The number of anilines is 2. The fraction of sp³-hybridized carbons (Fsp3) is 0.381. The molecule has 0 unspecified atom stereocenters. The average Bonchev–Trinajstić information content (AvgIpc) is 3.07. The zero-order valence-corrected chi connectivity index (χ0v) is 17.5. The Labute approximate surface area is 176 Å². The molecule has 7 nitrogen and oxygen atoms in total. The van der Waals surface area contributed by atoms with Crippen LogP contribution in [0.15, 0.2) is 24.5 Å². The van der Waals surface area contributed by atoms with E-state index in [4.69, 9.17) is 9.47 Å². The van der Waals surface area contributed by atoms with Gasteiger partial charge in [-0.2, -0.15) is 0 Å². The molecule has 0 aliphatic heterocycles. The first-order valence-corrected chi connectivity index (χ1v) is 10.5. The van der Waals surface area contributed by atoms with Gasteiger partial charge in [-0.1, -0.05) is 0 Å². The van der Waals surface area contributed by atoms with E-state index in [0.29, 0.717) is 44.3 Å². The van der Waals surface area contributed by atoms with Gasteiger partial charge in [-0.15, -0.1) is 11.3 Å². The normalized spacial score (nSPS) is 18.9. The highest BCUT2D eigenvalue weighted by atomic mass is 32.1. The predicted octanol–water partition coefficient (Wildman–Crippen LogP) is 4.35. The topological polar surface area (TPSA) is 93.6 Å². The summed E-state index contributed by atoms with van der Waals surface area (Å²) in [6, 6.07) is 4.24. The molecule has 30 heavy (non-hydrogen) atoms. The molecule has 2 heterocycles. The van der Waals surface area contributed by atoms with Crippen molar-refractivity contribution in [1.29, 1.82) is 0 Å². The van der Waals surface area contributed by atoms with Crippen molar-refractivity contribution < 1.29 is 23.8 Å². The number of thiophene rings is 1. The van der Waals surface area contributed by atoms with Crippen molar-refractivity contribution in [2.45, 2.75) is 44.8 Å². The fourth-order valence-electron chi connectivity index (χ4n) is 3.69. The molecular formula is C21H22FN3O4S. The van der Waals surface area contributed by atoms with Crippen LogP contribution in [0, 0.1) is 12.7 Å². The highest BCUT2D eigenvalue weighted by molar-refractivity contribution is 7.20. The van der Waals surface area contributed by atoms with E-state index >= 15 is 0 Å². The molecule has 4 rings (SSSR count). The molecule has 9 heteroatoms. The van der Waals surface area contributed by atoms with Crippen LogP contribution in [0.2, 0.25) is 0 Å². The number of ether oxygens (including phenoxy) is 2. The van der Waals surface area contributed by atoms with Gasteiger partial charge in [-0.3, -0.25) is 0 Å². The molecule has 158 valence electrons. The maximum Gasteiger partial charge on any atom is 0.348 e. The second kappa shape index (κ2) is 8.53. The Hall–Kier alpha value is -2.78. The number of esters is 1. The molecule has 0 amide bonds. The van der Waals surface area contributed by atoms with Crippen LogP contribution < -0.4 is 10.1 Å². The lowest BCUT2D eigenvalue weighted by atomic mass is 9.95. The van der Waals surface area contributed by atoms with Crippen molar-refractivity contribution in [1.82, 2.24) is 9.97 Å². The molecular weight excluding hydrogens is 409 g/mol. The highest BCUT2D eigenvalue weighted by Crippen LogP contribution is 2.37. The Balaban J connectivity index is 1.68. The molecule has 2 N–H and O–H groups in total. The largest absolute Gasteiger partial charge is 0.488 e. The monoisotopic (exact) mass is 431 g/mol. The minimum absolute atomic E-state index is 0.185. The number of aromatic nitrogens is 2. The van der Waals surface area contributed by atoms with Crippen molar-refractivity contribution in [2.24, 2.45) is 0 Å². The third-order valence-electron chi connectivity index (χ3n) is 5.19. The molecule has 0 bridgehead atoms. The summed E-state index contributed by atoms with van der Waals surface area (Å²) in [5.74, 6) is -0.00600. The first-order chi connectivity index (χ1) is 14.5. The molecule has 0 saturated heterocycles. The van der Waals surface area contributed by atoms with Crippen molar-refractivity contribution in [2.75, 3.05) is 12.4 Å². The molecule has 1 aromatic carbocycles. The number of methoxy groups -OCH3 is 1. The molecule has 2 aromatic heterocycles. The number of halogens is 1. The quantitative estimate of drug-likeness (QED) is 0.580. The first-order valence-electron chi connectivity index (χ1n) is 9.70. The maximum absolute atomic E-state index is 13.9. The molecule has 1 fully saturated rings. The first kappa shape index (κ1) is 20.5. The number of fused-ring (bicyclic) bond motifs is 1. The third kappa shape index (κ3) is 4.08. The van der Waals surface area contributed by atoms with E-state index in [-0.39, 0.29) is 6.10 Å². The van der Waals surface area contributed by atoms with E-state index in [1.807, 2.05) is 6.92 Å². The van der Waals surface area contributed by atoms with Crippen LogP contribution in [-0.2, 0) is 4.74 Å². The maximum atomic E-state index is 13.9. The summed E-state index contributed by atoms with van der Waals surface area (Å²) < 4.78 is 24.8. The van der Waals surface area contributed by atoms with Crippen LogP contribution in [0.1, 0.15) is 40.9 Å². The van der Waals surface area contributed by atoms with E-state index in [9.17, 15) is 14.3 Å². The number of nitrogens with one attached hydrogen (secondary N) is 1. The van der Waals surface area contributed by atoms with Crippen LogP contribution in [0.3, 0.4) is 0 Å². The van der Waals surface area contributed by atoms with Gasteiger partial charge < -0.3 is 19.9 Å². The number of hydrogen-bond donors (Lipinski definition) is 2. The average molecular weight is 431 g/mol. The Morgan fingerprint density at radius 2 is 2.17 bits per heavy atom. The van der Waals surface area contributed by atoms with E-state index in [1.54, 1.807) is 6.07 Å². The number of carbonyl (C=O) groups excluding carboxylic acids is 1. The molecule has 0 radical (unpaired) electrons. The number of benzene rings is 1. The van der Waals surface area contributed by atoms with Crippen LogP contribution in [0.4, 0.5) is 15.9 Å². The van der Waals surface area contributed by atoms with Crippen LogP contribution in [0.25, 0.3) is 10.2 Å². The zero-order valence-electron chi connectivity index (χ0n) is 16.6. The van der Waals surface area contributed by atoms with Crippen LogP contribution in [-0.4, -0.2) is 40.4 Å². The lowest BCUT2D eigenvalue weighted by Gasteiger charge is -2.27. The van der Waals surface area contributed by atoms with Crippen molar-refractivity contribution in [3.05, 3.63) is 40.8 Å². The Kier molecular flexibility index (Phi) is 5.83. The summed E-state index contributed by atoms with van der Waals surface area (Å²) >= 11 is 1.23. The molecule has 1 aliphatic carbocycles. The Morgan fingerprint density at radius 3 is 2.93 bits per heavy atom. The minimum Gasteiger partial charge on any atom is -0.488 e. The summed E-state index contributed by atoms with van der Waals surface area (Å²) in [6.45, 7) is 1.81. The summed E-state index contributed by atoms with van der Waals surface area (Å²) in [6.07, 6.45) is 3.75. The standard InChI is InChI=1S/C21H22FN3O4S/c1-11-17-19(23-10-24-20(17)30-18(11)21(27)28-2)25-15-7-6-12(22)8-16(15)29-14-5-3-4-13(26)9-14/h6-8,10,13-14,26H,3-5,9H2,1-2H3,(H,23,24,25)/t13-,14-/m0/s1. The van der Waals surface area contributed by atoms with E-state index in [2.05, 4.69) is 15.3 Å². The summed E-state index contributed by atoms with van der Waals surface area (Å²) in [4.78, 5) is 21.7. The summed E-state index contributed by atoms with van der Waals surface area (Å²) in [5.41, 5.74) is 1.26. The molecule has 1 saturated carbocycles. The van der Waals surface area contributed by atoms with Crippen molar-refractivity contribution >= 4 is 39.0 Å². The van der Waals surface area contributed by atoms with Gasteiger partial charge in [0.05, 0.1) is 24.3 Å². The van der Waals surface area contributed by atoms with Crippen LogP contribution in [0.5, 0.6) is 5.75 Å². The predicted molar refractivity (Wildman–Crippen MR) is 112 cm³/mol. The number of rotatable bonds is 5. The van der Waals surface area contributed by atoms with E-state index in [0.717, 1.165) is 19.3 Å². The minimum atomic E-state index is -0.428. The SMILES string of the molecule is COC(=O)c1sc2ncnc(Nc3ccc(F)cc3O[C@H]3CCC[C@H](O)C3)c2c1C. The van der Waals surface area contributed by atoms with Crippen LogP contribution >= 0.6 is 11.3 Å². The van der Waals surface area contributed by atoms with Gasteiger partial charge in [0.1, 0.15) is 39.5 Å². The van der Waals surface area contributed by atoms with Crippen molar-refractivity contribution in [3.63, 3.8) is 0 Å². The van der Waals surface area contributed by atoms with Gasteiger partial charge in [-0.25, -0.2) is 19.2 Å². The van der Waals surface area contributed by atoms with Gasteiger partial charge in [0, 0.05) is 12.5 Å². The molecule has 0 spiro atoms. The van der Waals surface area contributed by atoms with Gasteiger partial charge in [0.25, 0.3) is 0 Å². The Bertz CT molecular complexity index is 1090. The number of hydrogen-bond acceptors (Lipinski definition) is 8. The molecule has 1 aliphatic rings. The summed E-state index contributed by atoms with van der Waals surface area (Å²) in [7, 11) is 1.33. The van der Waals surface area contributed by atoms with E-state index in [1.165, 1.54) is 36.9 Å². The fourth-order valence-corrected chi connectivity index (χ4v) is 4.75. The number of nitrogens with zero attached hydrogens (tertiary/aromatic N) is 2. The van der Waals surface area contributed by atoms with Gasteiger partial charge >= 0.3 is 5.97 Å². The second-order valence-corrected chi connectivity index (χ2v) is 8.28. The zero-order chi connectivity index (χ0) is 21.3. The molecule has 2 atom stereocenters. The lowest BCUT2D eigenvalue weighted by Crippen LogP contribution is -2.28. The van der Waals surface area contributed by atoms with Gasteiger partial charge in [0.15, 0.2) is 0 Å². The van der Waals surface area contributed by atoms with E-state index < -0.39 is 17.9 Å². The smallest absolute Gasteiger partial charge is 0.348 e. The van der Waals surface area contributed by atoms with Gasteiger partial charge in [-0.05, 0) is 43.9 Å². The second-order valence-electron chi connectivity index (χ2n) is 7.28. The number of aryl methyl sites for hydroxylation is 1. The number of aliphatic hydroxyl groups excluding tert-OH is 1. The lowest BCUT2D eigenvalue weighted by molar-refractivity contribution is 0.0538. The van der Waals surface area contributed by atoms with Crippen molar-refractivity contribution in [3.8, 4) is 5.75 Å². The Morgan fingerprint density at radius 1 is 1.33 bits per heavy atom. The number of aliphatic hydroxyl groups is 1. The number of carbonyl (C=O) groups is 1. The van der Waals surface area contributed by atoms with Gasteiger partial charge in [0.2, 0.25) is 0 Å².